The molecule has 0 unspecified atom stereocenters. The number of esters is 1. The van der Waals surface area contributed by atoms with Crippen molar-refractivity contribution < 1.29 is 14.3 Å². The van der Waals surface area contributed by atoms with Crippen molar-refractivity contribution in [1.29, 1.82) is 0 Å². The molecule has 1 aliphatic heterocycles. The van der Waals surface area contributed by atoms with E-state index in [2.05, 4.69) is 20.9 Å². The molecule has 0 spiro atoms. The topological polar surface area (TPSA) is 98.1 Å². The number of methoxy groups -OCH3 is 1. The molecule has 1 aromatic heterocycles. The van der Waals surface area contributed by atoms with Crippen LogP contribution >= 0.6 is 11.8 Å². The second kappa shape index (κ2) is 9.87. The highest BCUT2D eigenvalue weighted by molar-refractivity contribution is 8.00. The lowest BCUT2D eigenvalue weighted by molar-refractivity contribution is -0.116. The van der Waals surface area contributed by atoms with Crippen molar-refractivity contribution in [2.45, 2.75) is 30.3 Å². The summed E-state index contributed by atoms with van der Waals surface area (Å²) < 4.78 is 6.65. The first-order valence-electron chi connectivity index (χ1n) is 11.5. The second-order valence-electron chi connectivity index (χ2n) is 8.52. The Labute approximate surface area is 213 Å². The number of aryl methyl sites for hydroxylation is 2. The third-order valence-corrected chi connectivity index (χ3v) is 7.36. The highest BCUT2D eigenvalue weighted by atomic mass is 32.2. The number of nitrogens with one attached hydrogen (secondary N) is 2. The van der Waals surface area contributed by atoms with Gasteiger partial charge >= 0.3 is 5.97 Å². The van der Waals surface area contributed by atoms with Gasteiger partial charge in [0.05, 0.1) is 18.7 Å². The van der Waals surface area contributed by atoms with Gasteiger partial charge in [-0.25, -0.2) is 9.47 Å². The number of aromatic nitrogens is 3. The van der Waals surface area contributed by atoms with Gasteiger partial charge in [-0.1, -0.05) is 72.4 Å². The van der Waals surface area contributed by atoms with Crippen LogP contribution in [0.5, 0.6) is 0 Å². The molecule has 2 N–H and O–H groups in total. The van der Waals surface area contributed by atoms with Gasteiger partial charge < -0.3 is 15.5 Å². The van der Waals surface area contributed by atoms with Crippen molar-refractivity contribution in [2.75, 3.05) is 17.9 Å². The zero-order valence-electron chi connectivity index (χ0n) is 20.1. The van der Waals surface area contributed by atoms with Gasteiger partial charge in [0.1, 0.15) is 5.25 Å². The summed E-state index contributed by atoms with van der Waals surface area (Å²) in [5.41, 5.74) is 8.44. The van der Waals surface area contributed by atoms with Gasteiger partial charge in [-0.05, 0) is 42.7 Å². The second-order valence-corrected chi connectivity index (χ2v) is 9.63. The molecule has 2 atom stereocenters. The molecule has 8 nitrogen and oxygen atoms in total. The highest BCUT2D eigenvalue weighted by Gasteiger charge is 2.38. The molecule has 36 heavy (non-hydrogen) atoms. The Morgan fingerprint density at radius 2 is 1.64 bits per heavy atom. The van der Waals surface area contributed by atoms with Crippen molar-refractivity contribution in [1.82, 2.24) is 14.9 Å². The lowest BCUT2D eigenvalue weighted by Gasteiger charge is -2.33. The Morgan fingerprint density at radius 1 is 0.944 bits per heavy atom. The fraction of sp³-hybridized carbons (Fsp3) is 0.185. The third kappa shape index (κ3) is 4.45. The van der Waals surface area contributed by atoms with E-state index in [1.807, 2.05) is 79.2 Å². The SMILES string of the molecule is COC(=O)c1ccc([C@H]2Nn3c(nnc3-c3ccccc3)S[C@@H]2C(=O)Nc2c(C)cccc2C)cc1. The minimum atomic E-state index is -0.548. The average Bonchev–Trinajstić information content (AvgIpc) is 3.33. The predicted molar refractivity (Wildman–Crippen MR) is 140 cm³/mol. The van der Waals surface area contributed by atoms with E-state index in [-0.39, 0.29) is 5.91 Å². The number of amides is 1. The Bertz CT molecular complexity index is 1400. The lowest BCUT2D eigenvalue weighted by atomic mass is 10.0. The fourth-order valence-electron chi connectivity index (χ4n) is 4.23. The quantitative estimate of drug-likeness (QED) is 0.383. The van der Waals surface area contributed by atoms with Gasteiger partial charge in [-0.2, -0.15) is 0 Å². The van der Waals surface area contributed by atoms with Gasteiger partial charge in [0, 0.05) is 11.3 Å². The van der Waals surface area contributed by atoms with Crippen molar-refractivity contribution in [3.63, 3.8) is 0 Å². The van der Waals surface area contributed by atoms with Crippen LogP contribution in [0.25, 0.3) is 11.4 Å². The molecule has 182 valence electrons. The van der Waals surface area contributed by atoms with Crippen LogP contribution in [0.3, 0.4) is 0 Å². The van der Waals surface area contributed by atoms with Gasteiger partial charge in [-0.3, -0.25) is 4.79 Å². The monoisotopic (exact) mass is 499 g/mol. The molecule has 0 radical (unpaired) electrons. The summed E-state index contributed by atoms with van der Waals surface area (Å²) in [6.45, 7) is 3.95. The summed E-state index contributed by atoms with van der Waals surface area (Å²) in [4.78, 5) is 25.6. The average molecular weight is 500 g/mol. The summed E-state index contributed by atoms with van der Waals surface area (Å²) in [6.07, 6.45) is 0. The number of anilines is 1. The molecule has 0 aliphatic carbocycles. The van der Waals surface area contributed by atoms with Crippen LogP contribution < -0.4 is 10.7 Å². The zero-order chi connectivity index (χ0) is 25.2. The number of para-hydroxylation sites is 1. The zero-order valence-corrected chi connectivity index (χ0v) is 20.9. The van der Waals surface area contributed by atoms with Crippen LogP contribution in [0.1, 0.15) is 33.1 Å². The normalized spacial score (nSPS) is 16.5. The number of fused-ring (bicyclic) bond motifs is 1. The molecular weight excluding hydrogens is 474 g/mol. The molecule has 1 aliphatic rings. The Kier molecular flexibility index (Phi) is 6.47. The van der Waals surface area contributed by atoms with Crippen molar-refractivity contribution in [3.05, 3.63) is 95.1 Å². The largest absolute Gasteiger partial charge is 0.465 e. The number of nitrogens with zero attached hydrogens (tertiary/aromatic N) is 3. The first-order valence-corrected chi connectivity index (χ1v) is 12.3. The van der Waals surface area contributed by atoms with E-state index in [0.717, 1.165) is 27.9 Å². The van der Waals surface area contributed by atoms with Crippen LogP contribution in [0.15, 0.2) is 78.0 Å². The first kappa shape index (κ1) is 23.6. The van der Waals surface area contributed by atoms with Crippen LogP contribution in [-0.2, 0) is 9.53 Å². The summed E-state index contributed by atoms with van der Waals surface area (Å²) >= 11 is 1.35. The van der Waals surface area contributed by atoms with Gasteiger partial charge in [0.25, 0.3) is 0 Å². The van der Waals surface area contributed by atoms with Crippen molar-refractivity contribution in [2.24, 2.45) is 0 Å². The summed E-state index contributed by atoms with van der Waals surface area (Å²) in [7, 11) is 1.35. The smallest absolute Gasteiger partial charge is 0.337 e. The number of hydrogen-bond acceptors (Lipinski definition) is 7. The molecule has 2 heterocycles. The maximum Gasteiger partial charge on any atom is 0.337 e. The Morgan fingerprint density at radius 3 is 2.31 bits per heavy atom. The van der Waals surface area contributed by atoms with Gasteiger partial charge in [0.15, 0.2) is 5.82 Å². The maximum atomic E-state index is 13.7. The molecule has 4 aromatic rings. The number of hydrogen-bond donors (Lipinski definition) is 2. The van der Waals surface area contributed by atoms with E-state index >= 15 is 0 Å². The molecule has 9 heteroatoms. The standard InChI is InChI=1S/C27H25N5O3S/c1-16-8-7-9-17(2)21(16)28-25(33)23-22(18-12-14-20(15-13-18)26(34)35-3)31-32-24(29-30-27(32)36-23)19-10-5-4-6-11-19/h4-15,22-23,31H,1-3H3,(H,28,33)/t22-,23+/m1/s1. The van der Waals surface area contributed by atoms with Crippen LogP contribution in [-0.4, -0.2) is 39.1 Å². The number of rotatable bonds is 5. The van der Waals surface area contributed by atoms with Crippen LogP contribution in [0, 0.1) is 13.8 Å². The maximum absolute atomic E-state index is 13.7. The molecular formula is C27H25N5O3S. The molecule has 0 bridgehead atoms. The summed E-state index contributed by atoms with van der Waals surface area (Å²) in [5.74, 6) is 0.0923. The summed E-state index contributed by atoms with van der Waals surface area (Å²) in [6, 6.07) is 22.3. The van der Waals surface area contributed by atoms with Gasteiger partial charge in [0.2, 0.25) is 11.1 Å². The number of ether oxygens (including phenoxy) is 1. The van der Waals surface area contributed by atoms with E-state index in [4.69, 9.17) is 4.74 Å². The summed E-state index contributed by atoms with van der Waals surface area (Å²) in [5, 5.41) is 11.9. The molecule has 1 amide bonds. The lowest BCUT2D eigenvalue weighted by Crippen LogP contribution is -2.41. The van der Waals surface area contributed by atoms with E-state index < -0.39 is 17.3 Å². The number of carbonyl (C=O) groups is 2. The van der Waals surface area contributed by atoms with Crippen LogP contribution in [0.4, 0.5) is 5.69 Å². The molecule has 0 fully saturated rings. The van der Waals surface area contributed by atoms with E-state index in [1.54, 1.807) is 12.1 Å². The number of carbonyl (C=O) groups excluding carboxylic acids is 2. The minimum Gasteiger partial charge on any atom is -0.465 e. The molecule has 0 saturated heterocycles. The minimum absolute atomic E-state index is 0.151. The predicted octanol–water partition coefficient (Wildman–Crippen LogP) is 4.75. The van der Waals surface area contributed by atoms with E-state index in [9.17, 15) is 9.59 Å². The molecule has 5 rings (SSSR count). The van der Waals surface area contributed by atoms with E-state index in [0.29, 0.717) is 16.5 Å². The van der Waals surface area contributed by atoms with Crippen molar-refractivity contribution >= 4 is 29.3 Å². The molecule has 3 aromatic carbocycles. The van der Waals surface area contributed by atoms with Gasteiger partial charge in [-0.15, -0.1) is 10.2 Å². The van der Waals surface area contributed by atoms with Crippen LogP contribution in [0.2, 0.25) is 0 Å². The Balaban J connectivity index is 1.53. The highest BCUT2D eigenvalue weighted by Crippen LogP contribution is 2.39. The first-order chi connectivity index (χ1) is 17.5. The number of thioether (sulfide) groups is 1. The van der Waals surface area contributed by atoms with E-state index in [1.165, 1.54) is 18.9 Å². The third-order valence-electron chi connectivity index (χ3n) is 6.15. The Hall–Kier alpha value is -4.11. The number of benzene rings is 3. The fourth-order valence-corrected chi connectivity index (χ4v) is 5.31. The van der Waals surface area contributed by atoms with Crippen molar-refractivity contribution in [3.8, 4) is 11.4 Å². The molecule has 0 saturated carbocycles.